The predicted molar refractivity (Wildman–Crippen MR) is 68.2 cm³/mol. The molecule has 1 fully saturated rings. The number of ether oxygens (including phenoxy) is 1. The van der Waals surface area contributed by atoms with Crippen molar-refractivity contribution in [3.05, 3.63) is 12.3 Å². The minimum absolute atomic E-state index is 0. The van der Waals surface area contributed by atoms with Gasteiger partial charge in [0.1, 0.15) is 5.82 Å². The van der Waals surface area contributed by atoms with Gasteiger partial charge in [0.15, 0.2) is 0 Å². The summed E-state index contributed by atoms with van der Waals surface area (Å²) in [6.45, 7) is 3.99. The second kappa shape index (κ2) is 7.49. The van der Waals surface area contributed by atoms with Gasteiger partial charge in [0.25, 0.3) is 0 Å². The third kappa shape index (κ3) is 3.66. The van der Waals surface area contributed by atoms with Gasteiger partial charge in [-0.2, -0.15) is 4.98 Å². The highest BCUT2D eigenvalue weighted by Gasteiger charge is 2.11. The molecule has 1 aliphatic heterocycles. The summed E-state index contributed by atoms with van der Waals surface area (Å²) in [7, 11) is 1.58. The van der Waals surface area contributed by atoms with Crippen molar-refractivity contribution in [1.82, 2.24) is 15.3 Å². The van der Waals surface area contributed by atoms with E-state index in [2.05, 4.69) is 20.2 Å². The SMILES string of the molecule is COc1nccc(N2CCNCC2)n1.Cl.Cl. The van der Waals surface area contributed by atoms with Gasteiger partial charge in [-0.05, 0) is 6.07 Å². The van der Waals surface area contributed by atoms with Crippen molar-refractivity contribution in [2.75, 3.05) is 38.2 Å². The van der Waals surface area contributed by atoms with Crippen LogP contribution in [0.2, 0.25) is 0 Å². The number of hydrogen-bond donors (Lipinski definition) is 1. The lowest BCUT2D eigenvalue weighted by Gasteiger charge is -2.28. The molecule has 1 aromatic heterocycles. The maximum atomic E-state index is 4.98. The first-order valence-corrected chi connectivity index (χ1v) is 4.73. The second-order valence-corrected chi connectivity index (χ2v) is 3.14. The fourth-order valence-corrected chi connectivity index (χ4v) is 1.50. The number of nitrogens with zero attached hydrogens (tertiary/aromatic N) is 3. The average molecular weight is 267 g/mol. The van der Waals surface area contributed by atoms with E-state index in [-0.39, 0.29) is 24.8 Å². The van der Waals surface area contributed by atoms with E-state index < -0.39 is 0 Å². The number of methoxy groups -OCH3 is 1. The topological polar surface area (TPSA) is 50.3 Å². The highest BCUT2D eigenvalue weighted by molar-refractivity contribution is 5.85. The molecule has 1 aliphatic rings. The van der Waals surface area contributed by atoms with Gasteiger partial charge in [0.05, 0.1) is 7.11 Å². The zero-order valence-corrected chi connectivity index (χ0v) is 10.7. The number of nitrogens with one attached hydrogen (secondary N) is 1. The molecule has 0 bridgehead atoms. The highest BCUT2D eigenvalue weighted by Crippen LogP contribution is 2.13. The Bertz CT molecular complexity index is 307. The molecule has 2 heterocycles. The maximum Gasteiger partial charge on any atom is 0.318 e. The van der Waals surface area contributed by atoms with E-state index in [1.807, 2.05) is 6.07 Å². The Morgan fingerprint density at radius 2 is 2.00 bits per heavy atom. The predicted octanol–water partition coefficient (Wildman–Crippen LogP) is 0.738. The summed E-state index contributed by atoms with van der Waals surface area (Å²) >= 11 is 0. The van der Waals surface area contributed by atoms with E-state index in [9.17, 15) is 0 Å². The van der Waals surface area contributed by atoms with Crippen LogP contribution >= 0.6 is 24.8 Å². The standard InChI is InChI=1S/C9H14N4O.2ClH/c1-14-9-11-3-2-8(12-9)13-6-4-10-5-7-13;;/h2-3,10H,4-7H2,1H3;2*1H. The minimum Gasteiger partial charge on any atom is -0.467 e. The zero-order valence-electron chi connectivity index (χ0n) is 9.05. The van der Waals surface area contributed by atoms with Crippen LogP contribution in [0.1, 0.15) is 0 Å². The van der Waals surface area contributed by atoms with E-state index in [4.69, 9.17) is 4.74 Å². The largest absolute Gasteiger partial charge is 0.467 e. The van der Waals surface area contributed by atoms with Gasteiger partial charge in [-0.15, -0.1) is 24.8 Å². The summed E-state index contributed by atoms with van der Waals surface area (Å²) in [6, 6.07) is 2.34. The Balaban J connectivity index is 0.00000112. The van der Waals surface area contributed by atoms with Crippen molar-refractivity contribution < 1.29 is 4.74 Å². The fraction of sp³-hybridized carbons (Fsp3) is 0.556. The molecule has 0 spiro atoms. The number of aromatic nitrogens is 2. The Labute approximate surface area is 107 Å². The summed E-state index contributed by atoms with van der Waals surface area (Å²) in [5.74, 6) is 0.943. The molecular formula is C9H16Cl2N4O. The Morgan fingerprint density at radius 3 is 2.62 bits per heavy atom. The molecule has 16 heavy (non-hydrogen) atoms. The smallest absolute Gasteiger partial charge is 0.318 e. The fourth-order valence-electron chi connectivity index (χ4n) is 1.50. The molecule has 1 aromatic rings. The van der Waals surface area contributed by atoms with Gasteiger partial charge in [-0.3, -0.25) is 0 Å². The monoisotopic (exact) mass is 266 g/mol. The maximum absolute atomic E-state index is 4.98. The molecule has 2 rings (SSSR count). The summed E-state index contributed by atoms with van der Waals surface area (Å²) < 4.78 is 4.98. The lowest BCUT2D eigenvalue weighted by Crippen LogP contribution is -2.43. The van der Waals surface area contributed by atoms with Crippen molar-refractivity contribution >= 4 is 30.6 Å². The number of halogens is 2. The van der Waals surface area contributed by atoms with Crippen LogP contribution in [0, 0.1) is 0 Å². The average Bonchev–Trinajstić information content (AvgIpc) is 2.30. The molecule has 7 heteroatoms. The van der Waals surface area contributed by atoms with Crippen LogP contribution in [-0.4, -0.2) is 43.3 Å². The van der Waals surface area contributed by atoms with Crippen molar-refractivity contribution in [3.63, 3.8) is 0 Å². The van der Waals surface area contributed by atoms with Crippen LogP contribution in [0.15, 0.2) is 12.3 Å². The summed E-state index contributed by atoms with van der Waals surface area (Å²) in [5.41, 5.74) is 0. The first-order valence-electron chi connectivity index (χ1n) is 4.73. The van der Waals surface area contributed by atoms with Crippen molar-refractivity contribution in [2.24, 2.45) is 0 Å². The molecule has 5 nitrogen and oxygen atoms in total. The van der Waals surface area contributed by atoms with Gasteiger partial charge < -0.3 is 15.0 Å². The third-order valence-electron chi connectivity index (χ3n) is 2.24. The molecular weight excluding hydrogens is 251 g/mol. The van der Waals surface area contributed by atoms with Crippen LogP contribution in [0.5, 0.6) is 6.01 Å². The van der Waals surface area contributed by atoms with Crippen LogP contribution < -0.4 is 15.0 Å². The first-order chi connectivity index (χ1) is 6.90. The van der Waals surface area contributed by atoms with E-state index in [1.165, 1.54) is 0 Å². The van der Waals surface area contributed by atoms with Gasteiger partial charge in [-0.25, -0.2) is 4.98 Å². The van der Waals surface area contributed by atoms with Gasteiger partial charge in [-0.1, -0.05) is 0 Å². The molecule has 0 aromatic carbocycles. The van der Waals surface area contributed by atoms with E-state index in [0.29, 0.717) is 6.01 Å². The lowest BCUT2D eigenvalue weighted by molar-refractivity contribution is 0.379. The van der Waals surface area contributed by atoms with Crippen molar-refractivity contribution in [2.45, 2.75) is 0 Å². The summed E-state index contributed by atoms with van der Waals surface area (Å²) in [6.07, 6.45) is 1.73. The molecule has 0 unspecified atom stereocenters. The number of piperazine rings is 1. The van der Waals surface area contributed by atoms with Crippen molar-refractivity contribution in [3.8, 4) is 6.01 Å². The Kier molecular flexibility index (Phi) is 7.12. The number of rotatable bonds is 2. The number of hydrogen-bond acceptors (Lipinski definition) is 5. The number of anilines is 1. The Morgan fingerprint density at radius 1 is 1.31 bits per heavy atom. The van der Waals surface area contributed by atoms with Gasteiger partial charge in [0, 0.05) is 32.4 Å². The second-order valence-electron chi connectivity index (χ2n) is 3.14. The molecule has 0 aliphatic carbocycles. The van der Waals surface area contributed by atoms with Crippen LogP contribution in [-0.2, 0) is 0 Å². The van der Waals surface area contributed by atoms with E-state index in [0.717, 1.165) is 32.0 Å². The first kappa shape index (κ1) is 15.2. The zero-order chi connectivity index (χ0) is 9.80. The molecule has 0 amide bonds. The normalized spacial score (nSPS) is 14.7. The van der Waals surface area contributed by atoms with Crippen molar-refractivity contribution in [1.29, 1.82) is 0 Å². The van der Waals surface area contributed by atoms with Crippen LogP contribution in [0.3, 0.4) is 0 Å². The summed E-state index contributed by atoms with van der Waals surface area (Å²) in [5, 5.41) is 3.30. The van der Waals surface area contributed by atoms with E-state index in [1.54, 1.807) is 13.3 Å². The van der Waals surface area contributed by atoms with Gasteiger partial charge >= 0.3 is 6.01 Å². The molecule has 1 N–H and O–H groups in total. The van der Waals surface area contributed by atoms with Crippen LogP contribution in [0.25, 0.3) is 0 Å². The van der Waals surface area contributed by atoms with Crippen LogP contribution in [0.4, 0.5) is 5.82 Å². The highest BCUT2D eigenvalue weighted by atomic mass is 35.5. The summed E-state index contributed by atoms with van der Waals surface area (Å²) in [4.78, 5) is 10.5. The molecule has 0 saturated carbocycles. The molecule has 1 saturated heterocycles. The molecule has 0 atom stereocenters. The van der Waals surface area contributed by atoms with Gasteiger partial charge in [0.2, 0.25) is 0 Å². The third-order valence-corrected chi connectivity index (χ3v) is 2.24. The Hall–Kier alpha value is -0.780. The quantitative estimate of drug-likeness (QED) is 0.856. The van der Waals surface area contributed by atoms with E-state index >= 15 is 0 Å². The molecule has 92 valence electrons. The lowest BCUT2D eigenvalue weighted by atomic mass is 10.3. The minimum atomic E-state index is 0. The molecule has 0 radical (unpaired) electrons.